The van der Waals surface area contributed by atoms with Gasteiger partial charge < -0.3 is 9.47 Å². The Morgan fingerprint density at radius 1 is 1.32 bits per heavy atom. The molecule has 6 heteroatoms. The van der Waals surface area contributed by atoms with E-state index in [1.807, 2.05) is 28.9 Å². The van der Waals surface area contributed by atoms with Crippen molar-refractivity contribution in [3.8, 4) is 0 Å². The zero-order valence-corrected chi connectivity index (χ0v) is 15.6. The van der Waals surface area contributed by atoms with E-state index >= 15 is 0 Å². The van der Waals surface area contributed by atoms with Gasteiger partial charge in [0.15, 0.2) is 5.82 Å². The van der Waals surface area contributed by atoms with Crippen molar-refractivity contribution in [2.45, 2.75) is 44.9 Å². The summed E-state index contributed by atoms with van der Waals surface area (Å²) in [4.78, 5) is 4.04. The van der Waals surface area contributed by atoms with Crippen molar-refractivity contribution in [3.63, 3.8) is 0 Å². The van der Waals surface area contributed by atoms with E-state index in [-0.39, 0.29) is 17.6 Å². The normalized spacial score (nSPS) is 20.4. The second-order valence-electron chi connectivity index (χ2n) is 7.23. The van der Waals surface area contributed by atoms with Crippen LogP contribution in [0, 0.1) is 0 Å². The van der Waals surface area contributed by atoms with E-state index in [2.05, 4.69) is 48.2 Å². The monoisotopic (exact) mass is 357 g/mol. The highest BCUT2D eigenvalue weighted by molar-refractivity contribution is 7.78. The molecule has 0 amide bonds. The predicted octanol–water partition coefficient (Wildman–Crippen LogP) is 4.07. The van der Waals surface area contributed by atoms with Gasteiger partial charge >= 0.3 is 0 Å². The minimum Gasteiger partial charge on any atom is -0.376 e. The Bertz CT molecular complexity index is 761. The second kappa shape index (κ2) is 7.58. The van der Waals surface area contributed by atoms with Crippen molar-refractivity contribution < 1.29 is 9.47 Å². The third kappa shape index (κ3) is 4.22. The third-order valence-corrected chi connectivity index (χ3v) is 4.36. The molecule has 132 valence electrons. The fourth-order valence-electron chi connectivity index (χ4n) is 2.98. The average Bonchev–Trinajstić information content (AvgIpc) is 3.20. The van der Waals surface area contributed by atoms with Crippen LogP contribution in [0.3, 0.4) is 0 Å². The molecule has 0 bridgehead atoms. The summed E-state index contributed by atoms with van der Waals surface area (Å²) in [5.74, 6) is 0.577. The molecule has 1 aliphatic rings. The molecule has 1 aromatic heterocycles. The number of hydrogen-bond acceptors (Lipinski definition) is 5. The maximum atomic E-state index is 6.14. The molecule has 25 heavy (non-hydrogen) atoms. The minimum atomic E-state index is -0.0746. The molecule has 0 aliphatic carbocycles. The first kappa shape index (κ1) is 18.0. The third-order valence-electron chi connectivity index (χ3n) is 4.27. The molecule has 5 nitrogen and oxygen atoms in total. The topological polar surface area (TPSA) is 48.6 Å². The number of isothiocyanates is 1. The number of ether oxygens (including phenoxy) is 2. The number of thiocarbonyl (C=S) groups is 1. The summed E-state index contributed by atoms with van der Waals surface area (Å²) in [5, 5.41) is 7.01. The van der Waals surface area contributed by atoms with Crippen molar-refractivity contribution in [1.82, 2.24) is 9.78 Å². The molecule has 0 N–H and O–H groups in total. The lowest BCUT2D eigenvalue weighted by molar-refractivity contribution is 0.0143. The highest BCUT2D eigenvalue weighted by atomic mass is 32.1. The van der Waals surface area contributed by atoms with E-state index in [4.69, 9.17) is 21.7 Å². The molecule has 0 saturated carbocycles. The fourth-order valence-corrected chi connectivity index (χ4v) is 3.08. The van der Waals surface area contributed by atoms with Crippen LogP contribution < -0.4 is 0 Å². The first-order valence-corrected chi connectivity index (χ1v) is 8.81. The van der Waals surface area contributed by atoms with E-state index in [1.165, 1.54) is 0 Å². The smallest absolute Gasteiger partial charge is 0.184 e. The van der Waals surface area contributed by atoms with Gasteiger partial charge in [-0.3, -0.25) is 4.68 Å². The van der Waals surface area contributed by atoms with Gasteiger partial charge in [-0.25, -0.2) is 0 Å². The van der Waals surface area contributed by atoms with Gasteiger partial charge in [0.2, 0.25) is 0 Å². The number of hydrogen-bond donors (Lipinski definition) is 0. The molecule has 0 spiro atoms. The largest absolute Gasteiger partial charge is 0.376 e. The summed E-state index contributed by atoms with van der Waals surface area (Å²) in [7, 11) is 0. The first-order valence-electron chi connectivity index (χ1n) is 8.40. The Labute approximate surface area is 153 Å². The summed E-state index contributed by atoms with van der Waals surface area (Å²) >= 11 is 4.72. The molecule has 1 aliphatic heterocycles. The molecular formula is C19H23N3O2S. The molecule has 2 atom stereocenters. The summed E-state index contributed by atoms with van der Waals surface area (Å²) in [6, 6.07) is 12.1. The number of aliphatic imine (C=N–C) groups is 1. The van der Waals surface area contributed by atoms with Crippen LogP contribution in [0.2, 0.25) is 0 Å². The van der Waals surface area contributed by atoms with Crippen molar-refractivity contribution in [1.29, 1.82) is 0 Å². The summed E-state index contributed by atoms with van der Waals surface area (Å²) in [6.07, 6.45) is -0.0504. The number of rotatable bonds is 5. The van der Waals surface area contributed by atoms with Gasteiger partial charge in [0.25, 0.3) is 0 Å². The van der Waals surface area contributed by atoms with Crippen molar-refractivity contribution in [2.75, 3.05) is 13.2 Å². The summed E-state index contributed by atoms with van der Waals surface area (Å²) in [5.41, 5.74) is 2.16. The van der Waals surface area contributed by atoms with Crippen LogP contribution in [-0.4, -0.2) is 34.3 Å². The van der Waals surface area contributed by atoms with Gasteiger partial charge in [-0.2, -0.15) is 10.1 Å². The van der Waals surface area contributed by atoms with Gasteiger partial charge in [0.1, 0.15) is 12.1 Å². The van der Waals surface area contributed by atoms with E-state index in [0.29, 0.717) is 25.6 Å². The number of aromatic nitrogens is 2. The molecule has 1 saturated heterocycles. The molecule has 1 unspecified atom stereocenters. The molecular weight excluding hydrogens is 334 g/mol. The van der Waals surface area contributed by atoms with Crippen LogP contribution in [0.4, 0.5) is 5.82 Å². The van der Waals surface area contributed by atoms with Gasteiger partial charge in [-0.15, -0.1) is 0 Å². The maximum absolute atomic E-state index is 6.14. The second-order valence-corrected chi connectivity index (χ2v) is 7.41. The quantitative estimate of drug-likeness (QED) is 0.598. The molecule has 1 aromatic carbocycles. The van der Waals surface area contributed by atoms with Crippen LogP contribution in [0.25, 0.3) is 0 Å². The van der Waals surface area contributed by atoms with Crippen molar-refractivity contribution >= 4 is 23.2 Å². The van der Waals surface area contributed by atoms with Crippen molar-refractivity contribution in [2.24, 2.45) is 4.99 Å². The maximum Gasteiger partial charge on any atom is 0.184 e. The van der Waals surface area contributed by atoms with Crippen LogP contribution in [0.1, 0.15) is 38.1 Å². The molecule has 2 aromatic rings. The fraction of sp³-hybridized carbons (Fsp3) is 0.474. The van der Waals surface area contributed by atoms with Crippen LogP contribution >= 0.6 is 12.2 Å². The lowest BCUT2D eigenvalue weighted by atomic mass is 9.91. The molecule has 3 rings (SSSR count). The Hall–Kier alpha value is -1.85. The zero-order valence-electron chi connectivity index (χ0n) is 14.8. The Morgan fingerprint density at radius 2 is 2.08 bits per heavy atom. The lowest BCUT2D eigenvalue weighted by Crippen LogP contribution is -2.30. The van der Waals surface area contributed by atoms with Crippen LogP contribution in [0.15, 0.2) is 41.4 Å². The number of benzene rings is 1. The van der Waals surface area contributed by atoms with Crippen LogP contribution in [-0.2, 0) is 21.5 Å². The Morgan fingerprint density at radius 3 is 2.76 bits per heavy atom. The van der Waals surface area contributed by atoms with Gasteiger partial charge in [-0.05, 0) is 17.8 Å². The Kier molecular flexibility index (Phi) is 5.45. The molecule has 1 fully saturated rings. The van der Waals surface area contributed by atoms with E-state index < -0.39 is 0 Å². The summed E-state index contributed by atoms with van der Waals surface area (Å²) < 4.78 is 13.8. The molecule has 0 radical (unpaired) electrons. The average molecular weight is 357 g/mol. The first-order chi connectivity index (χ1) is 12.0. The highest BCUT2D eigenvalue weighted by Crippen LogP contribution is 2.32. The van der Waals surface area contributed by atoms with E-state index in [9.17, 15) is 0 Å². The zero-order chi connectivity index (χ0) is 17.9. The lowest BCUT2D eigenvalue weighted by Gasteiger charge is -2.26. The highest BCUT2D eigenvalue weighted by Gasteiger charge is 2.35. The minimum absolute atomic E-state index is 0.0204. The van der Waals surface area contributed by atoms with E-state index in [1.54, 1.807) is 0 Å². The van der Waals surface area contributed by atoms with Gasteiger partial charge in [0.05, 0.1) is 25.0 Å². The molecule has 2 heterocycles. The predicted molar refractivity (Wildman–Crippen MR) is 100 cm³/mol. The van der Waals surface area contributed by atoms with Crippen LogP contribution in [0.5, 0.6) is 0 Å². The van der Waals surface area contributed by atoms with Gasteiger partial charge in [-0.1, -0.05) is 51.1 Å². The standard InChI is InChI=1S/C19H23N3O2S/c1-19(2,3)17-9-18(20-13-25)21-22(17)15-11-23-12-16(15)24-10-14-7-5-4-6-8-14/h4-9,15-16H,10-12H2,1-3H3/t15?,16-/m1/s1. The van der Waals surface area contributed by atoms with Crippen molar-refractivity contribution in [3.05, 3.63) is 47.7 Å². The van der Waals surface area contributed by atoms with Gasteiger partial charge in [0, 0.05) is 17.2 Å². The SMILES string of the molecule is CC(C)(C)c1cc(N=C=S)nn1C1COC[C@H]1OCc1ccccc1. The number of nitrogens with zero attached hydrogens (tertiary/aromatic N) is 3. The Balaban J connectivity index is 1.83. The van der Waals surface area contributed by atoms with E-state index in [0.717, 1.165) is 11.3 Å². The summed E-state index contributed by atoms with van der Waals surface area (Å²) in [6.45, 7) is 8.16.